The Kier molecular flexibility index (Phi) is 4.12. The van der Waals surface area contributed by atoms with E-state index in [-0.39, 0.29) is 5.69 Å². The van der Waals surface area contributed by atoms with Gasteiger partial charge in [-0.3, -0.25) is 15.0 Å². The van der Waals surface area contributed by atoms with Crippen LogP contribution in [0.25, 0.3) is 11.4 Å². The number of non-ortho nitro benzene ring substituents is 1. The molecule has 3 rings (SSSR count). The highest BCUT2D eigenvalue weighted by atomic mass is 16.6. The van der Waals surface area contributed by atoms with E-state index in [0.29, 0.717) is 29.9 Å². The maximum atomic E-state index is 10.8. The molecule has 1 saturated heterocycles. The maximum absolute atomic E-state index is 10.8. The molecule has 0 bridgehead atoms. The van der Waals surface area contributed by atoms with Gasteiger partial charge < -0.3 is 9.84 Å². The van der Waals surface area contributed by atoms with Gasteiger partial charge >= 0.3 is 0 Å². The molecule has 1 atom stereocenters. The molecule has 1 aromatic heterocycles. The molecular formula is C14H17N5O3. The SMILES string of the molecule is C[C@@H]1CNCCN1Cc1nc(-c2cccc([N+](=O)[O-])c2)no1. The summed E-state index contributed by atoms with van der Waals surface area (Å²) in [5, 5.41) is 18.1. The highest BCUT2D eigenvalue weighted by molar-refractivity contribution is 5.58. The molecule has 116 valence electrons. The number of benzene rings is 1. The molecule has 1 aliphatic heterocycles. The molecule has 1 aromatic carbocycles. The van der Waals surface area contributed by atoms with Gasteiger partial charge in [-0.2, -0.15) is 4.98 Å². The zero-order valence-electron chi connectivity index (χ0n) is 12.2. The number of nitrogens with zero attached hydrogens (tertiary/aromatic N) is 4. The van der Waals surface area contributed by atoms with Gasteiger partial charge in [0.1, 0.15) is 0 Å². The second-order valence-corrected chi connectivity index (χ2v) is 5.34. The Labute approximate surface area is 127 Å². The molecule has 0 saturated carbocycles. The Bertz CT molecular complexity index is 672. The minimum atomic E-state index is -0.438. The summed E-state index contributed by atoms with van der Waals surface area (Å²) in [6, 6.07) is 6.63. The maximum Gasteiger partial charge on any atom is 0.270 e. The first kappa shape index (κ1) is 14.6. The lowest BCUT2D eigenvalue weighted by atomic mass is 10.2. The number of piperazine rings is 1. The fraction of sp³-hybridized carbons (Fsp3) is 0.429. The van der Waals surface area contributed by atoms with E-state index >= 15 is 0 Å². The lowest BCUT2D eigenvalue weighted by Crippen LogP contribution is -2.49. The Morgan fingerprint density at radius 2 is 2.41 bits per heavy atom. The van der Waals surface area contributed by atoms with Crippen LogP contribution in [-0.2, 0) is 6.54 Å². The summed E-state index contributed by atoms with van der Waals surface area (Å²) < 4.78 is 5.28. The van der Waals surface area contributed by atoms with E-state index in [0.717, 1.165) is 19.6 Å². The Morgan fingerprint density at radius 3 is 3.18 bits per heavy atom. The van der Waals surface area contributed by atoms with E-state index in [4.69, 9.17) is 4.52 Å². The van der Waals surface area contributed by atoms with E-state index in [2.05, 4.69) is 27.3 Å². The summed E-state index contributed by atoms with van der Waals surface area (Å²) in [6.45, 7) is 5.53. The van der Waals surface area contributed by atoms with Gasteiger partial charge in [0.05, 0.1) is 11.5 Å². The molecule has 2 aromatic rings. The van der Waals surface area contributed by atoms with Crippen molar-refractivity contribution < 1.29 is 9.45 Å². The van der Waals surface area contributed by atoms with Gasteiger partial charge in [0.25, 0.3) is 5.69 Å². The summed E-state index contributed by atoms with van der Waals surface area (Å²) in [6.07, 6.45) is 0. The molecule has 8 heteroatoms. The molecule has 0 unspecified atom stereocenters. The van der Waals surface area contributed by atoms with Gasteiger partial charge in [-0.05, 0) is 6.92 Å². The number of hydrogen-bond donors (Lipinski definition) is 1. The van der Waals surface area contributed by atoms with Crippen LogP contribution in [0.5, 0.6) is 0 Å². The first-order valence-corrected chi connectivity index (χ1v) is 7.15. The second-order valence-electron chi connectivity index (χ2n) is 5.34. The number of rotatable bonds is 4. The van der Waals surface area contributed by atoms with Crippen molar-refractivity contribution in [1.29, 1.82) is 0 Å². The molecule has 22 heavy (non-hydrogen) atoms. The summed E-state index contributed by atoms with van der Waals surface area (Å²) in [5.41, 5.74) is 0.595. The van der Waals surface area contributed by atoms with E-state index < -0.39 is 4.92 Å². The van der Waals surface area contributed by atoms with Crippen molar-refractivity contribution in [1.82, 2.24) is 20.4 Å². The Balaban J connectivity index is 1.76. The number of aromatic nitrogens is 2. The fourth-order valence-corrected chi connectivity index (χ4v) is 2.49. The third kappa shape index (κ3) is 3.12. The van der Waals surface area contributed by atoms with Gasteiger partial charge in [-0.15, -0.1) is 0 Å². The highest BCUT2D eigenvalue weighted by Gasteiger charge is 2.21. The zero-order chi connectivity index (χ0) is 15.5. The standard InChI is InChI=1S/C14H17N5O3/c1-10-8-15-5-6-18(10)9-13-16-14(17-22-13)11-3-2-4-12(7-11)19(20)21/h2-4,7,10,15H,5-6,8-9H2,1H3/t10-/m1/s1. The lowest BCUT2D eigenvalue weighted by Gasteiger charge is -2.32. The molecular weight excluding hydrogens is 286 g/mol. The van der Waals surface area contributed by atoms with E-state index in [1.54, 1.807) is 12.1 Å². The fourth-order valence-electron chi connectivity index (χ4n) is 2.49. The van der Waals surface area contributed by atoms with Crippen LogP contribution in [0.15, 0.2) is 28.8 Å². The smallest absolute Gasteiger partial charge is 0.270 e. The molecule has 0 spiro atoms. The van der Waals surface area contributed by atoms with E-state index in [1.165, 1.54) is 12.1 Å². The zero-order valence-corrected chi connectivity index (χ0v) is 12.2. The molecule has 1 fully saturated rings. The first-order chi connectivity index (χ1) is 10.6. The van der Waals surface area contributed by atoms with Crippen molar-refractivity contribution in [2.24, 2.45) is 0 Å². The first-order valence-electron chi connectivity index (χ1n) is 7.15. The molecule has 1 aliphatic rings. The number of nitro groups is 1. The summed E-state index contributed by atoms with van der Waals surface area (Å²) in [7, 11) is 0. The average Bonchev–Trinajstić information content (AvgIpc) is 2.98. The van der Waals surface area contributed by atoms with Crippen LogP contribution < -0.4 is 5.32 Å². The van der Waals surface area contributed by atoms with Crippen LogP contribution >= 0.6 is 0 Å². The number of hydrogen-bond acceptors (Lipinski definition) is 7. The topological polar surface area (TPSA) is 97.3 Å². The largest absolute Gasteiger partial charge is 0.338 e. The predicted octanol–water partition coefficient (Wildman–Crippen LogP) is 1.44. The molecule has 1 N–H and O–H groups in total. The Morgan fingerprint density at radius 1 is 1.55 bits per heavy atom. The highest BCUT2D eigenvalue weighted by Crippen LogP contribution is 2.21. The molecule has 8 nitrogen and oxygen atoms in total. The van der Waals surface area contributed by atoms with E-state index in [1.807, 2.05) is 0 Å². The molecule has 0 aliphatic carbocycles. The van der Waals surface area contributed by atoms with Crippen LogP contribution in [0.1, 0.15) is 12.8 Å². The monoisotopic (exact) mass is 303 g/mol. The predicted molar refractivity (Wildman–Crippen MR) is 79.1 cm³/mol. The number of nitrogens with one attached hydrogen (secondary N) is 1. The van der Waals surface area contributed by atoms with E-state index in [9.17, 15) is 10.1 Å². The van der Waals surface area contributed by atoms with Gasteiger partial charge in [0.15, 0.2) is 0 Å². The van der Waals surface area contributed by atoms with Gasteiger partial charge in [-0.1, -0.05) is 17.3 Å². The van der Waals surface area contributed by atoms with Crippen LogP contribution in [0.2, 0.25) is 0 Å². The molecule has 0 amide bonds. The average molecular weight is 303 g/mol. The summed E-state index contributed by atoms with van der Waals surface area (Å²) in [5.74, 6) is 0.900. The minimum Gasteiger partial charge on any atom is -0.338 e. The van der Waals surface area contributed by atoms with Crippen molar-refractivity contribution in [3.63, 3.8) is 0 Å². The van der Waals surface area contributed by atoms with Crippen molar-refractivity contribution >= 4 is 5.69 Å². The lowest BCUT2D eigenvalue weighted by molar-refractivity contribution is -0.384. The Hall–Kier alpha value is -2.32. The minimum absolute atomic E-state index is 0.0135. The second kappa shape index (κ2) is 6.20. The van der Waals surface area contributed by atoms with Crippen LogP contribution in [-0.4, -0.2) is 45.6 Å². The normalized spacial score (nSPS) is 19.2. The van der Waals surface area contributed by atoms with Gasteiger partial charge in [-0.25, -0.2) is 0 Å². The molecule has 2 heterocycles. The van der Waals surface area contributed by atoms with Crippen molar-refractivity contribution in [3.05, 3.63) is 40.3 Å². The number of nitro benzene ring substituents is 1. The molecule has 0 radical (unpaired) electrons. The van der Waals surface area contributed by atoms with Crippen molar-refractivity contribution in [2.45, 2.75) is 19.5 Å². The van der Waals surface area contributed by atoms with Crippen molar-refractivity contribution in [2.75, 3.05) is 19.6 Å². The third-order valence-electron chi connectivity index (χ3n) is 3.76. The quantitative estimate of drug-likeness (QED) is 0.674. The van der Waals surface area contributed by atoms with Crippen LogP contribution in [0.3, 0.4) is 0 Å². The van der Waals surface area contributed by atoms with Gasteiger partial charge in [0, 0.05) is 43.4 Å². The summed E-state index contributed by atoms with van der Waals surface area (Å²) in [4.78, 5) is 17.0. The van der Waals surface area contributed by atoms with Crippen LogP contribution in [0.4, 0.5) is 5.69 Å². The van der Waals surface area contributed by atoms with Crippen molar-refractivity contribution in [3.8, 4) is 11.4 Å². The van der Waals surface area contributed by atoms with Crippen LogP contribution in [0, 0.1) is 10.1 Å². The van der Waals surface area contributed by atoms with Gasteiger partial charge in [0.2, 0.25) is 11.7 Å². The third-order valence-corrected chi connectivity index (χ3v) is 3.76. The summed E-state index contributed by atoms with van der Waals surface area (Å²) >= 11 is 0.